The molecule has 0 bridgehead atoms. The van der Waals surface area contributed by atoms with E-state index in [-0.39, 0.29) is 17.8 Å². The number of hydrogen-bond donors (Lipinski definition) is 1. The SMILES string of the molecule is CCOC(=O)/C(C#N)=C/c1ccc(Oc2ccc(/C=C(\C#N)[C@H](O)OCC)cc2)cc1. The summed E-state index contributed by atoms with van der Waals surface area (Å²) in [6.45, 7) is 3.90. The second-order valence-corrected chi connectivity index (χ2v) is 6.15. The Morgan fingerprint density at radius 2 is 1.48 bits per heavy atom. The maximum Gasteiger partial charge on any atom is 0.348 e. The summed E-state index contributed by atoms with van der Waals surface area (Å²) in [7, 11) is 0. The van der Waals surface area contributed by atoms with Crippen molar-refractivity contribution in [3.8, 4) is 23.6 Å². The van der Waals surface area contributed by atoms with Gasteiger partial charge in [0.1, 0.15) is 29.2 Å². The Hall–Kier alpha value is -3.91. The number of benzene rings is 2. The lowest BCUT2D eigenvalue weighted by Gasteiger charge is -2.09. The summed E-state index contributed by atoms with van der Waals surface area (Å²) in [5, 5.41) is 28.0. The van der Waals surface area contributed by atoms with Gasteiger partial charge in [-0.1, -0.05) is 24.3 Å². The minimum Gasteiger partial charge on any atom is -0.462 e. The lowest BCUT2D eigenvalue weighted by molar-refractivity contribution is -0.137. The maximum absolute atomic E-state index is 11.7. The largest absolute Gasteiger partial charge is 0.462 e. The summed E-state index contributed by atoms with van der Waals surface area (Å²) in [4.78, 5) is 11.7. The normalized spacial score (nSPS) is 12.4. The first-order valence-electron chi connectivity index (χ1n) is 9.59. The molecule has 0 saturated heterocycles. The van der Waals surface area contributed by atoms with Crippen LogP contribution in [0.3, 0.4) is 0 Å². The van der Waals surface area contributed by atoms with Gasteiger partial charge in [0.25, 0.3) is 0 Å². The molecule has 0 fully saturated rings. The van der Waals surface area contributed by atoms with Crippen molar-refractivity contribution in [1.82, 2.24) is 0 Å². The van der Waals surface area contributed by atoms with Crippen molar-refractivity contribution >= 4 is 18.1 Å². The third kappa shape index (κ3) is 7.13. The van der Waals surface area contributed by atoms with E-state index in [2.05, 4.69) is 0 Å². The molecule has 2 aromatic carbocycles. The third-order valence-corrected chi connectivity index (χ3v) is 3.96. The van der Waals surface area contributed by atoms with E-state index in [0.29, 0.717) is 29.2 Å². The van der Waals surface area contributed by atoms with Crippen LogP contribution in [0.4, 0.5) is 0 Å². The Balaban J connectivity index is 2.08. The summed E-state index contributed by atoms with van der Waals surface area (Å²) in [6, 6.07) is 17.6. The van der Waals surface area contributed by atoms with Crippen molar-refractivity contribution in [3.63, 3.8) is 0 Å². The molecular formula is C24H22N2O5. The van der Waals surface area contributed by atoms with Crippen LogP contribution >= 0.6 is 0 Å². The average Bonchev–Trinajstić information content (AvgIpc) is 2.78. The number of carbonyl (C=O) groups is 1. The van der Waals surface area contributed by atoms with E-state index in [1.165, 1.54) is 6.08 Å². The van der Waals surface area contributed by atoms with Crippen LogP contribution < -0.4 is 4.74 Å². The zero-order valence-corrected chi connectivity index (χ0v) is 17.2. The maximum atomic E-state index is 11.7. The molecule has 0 saturated carbocycles. The Labute approximate surface area is 181 Å². The van der Waals surface area contributed by atoms with Gasteiger partial charge in [0.2, 0.25) is 0 Å². The van der Waals surface area contributed by atoms with E-state index in [9.17, 15) is 9.90 Å². The first-order chi connectivity index (χ1) is 15.0. The molecule has 0 unspecified atom stereocenters. The van der Waals surface area contributed by atoms with Gasteiger partial charge in [-0.3, -0.25) is 0 Å². The Morgan fingerprint density at radius 3 is 1.94 bits per heavy atom. The minimum atomic E-state index is -1.26. The first kappa shape index (κ1) is 23.4. The summed E-state index contributed by atoms with van der Waals surface area (Å²) in [5.74, 6) is 0.487. The number of ether oxygens (including phenoxy) is 3. The number of aliphatic hydroxyl groups is 1. The quantitative estimate of drug-likeness (QED) is 0.281. The summed E-state index contributed by atoms with van der Waals surface area (Å²) in [6.07, 6.45) is 1.73. The average molecular weight is 418 g/mol. The van der Waals surface area contributed by atoms with Crippen LogP contribution in [-0.2, 0) is 14.3 Å². The van der Waals surface area contributed by atoms with Crippen molar-refractivity contribution in [1.29, 1.82) is 10.5 Å². The molecule has 2 rings (SSSR count). The van der Waals surface area contributed by atoms with Crippen molar-refractivity contribution in [3.05, 3.63) is 70.8 Å². The zero-order valence-electron chi connectivity index (χ0n) is 17.2. The van der Waals surface area contributed by atoms with Crippen LogP contribution in [0.5, 0.6) is 11.5 Å². The van der Waals surface area contributed by atoms with Crippen molar-refractivity contribution in [2.45, 2.75) is 20.1 Å². The monoisotopic (exact) mass is 418 g/mol. The van der Waals surface area contributed by atoms with Crippen molar-refractivity contribution in [2.24, 2.45) is 0 Å². The van der Waals surface area contributed by atoms with Crippen LogP contribution in [0, 0.1) is 22.7 Å². The van der Waals surface area contributed by atoms with Gasteiger partial charge >= 0.3 is 5.97 Å². The molecule has 0 heterocycles. The second-order valence-electron chi connectivity index (χ2n) is 6.15. The molecule has 0 amide bonds. The number of rotatable bonds is 9. The number of nitriles is 2. The molecule has 31 heavy (non-hydrogen) atoms. The summed E-state index contributed by atoms with van der Waals surface area (Å²) in [5.41, 5.74) is 1.41. The molecule has 1 atom stereocenters. The van der Waals surface area contributed by atoms with Crippen LogP contribution in [0.2, 0.25) is 0 Å². The predicted octanol–water partition coefficient (Wildman–Crippen LogP) is 4.21. The lowest BCUT2D eigenvalue weighted by atomic mass is 10.1. The summed E-state index contributed by atoms with van der Waals surface area (Å²) < 4.78 is 15.7. The van der Waals surface area contributed by atoms with Gasteiger partial charge in [-0.2, -0.15) is 10.5 Å². The Morgan fingerprint density at radius 1 is 0.935 bits per heavy atom. The predicted molar refractivity (Wildman–Crippen MR) is 114 cm³/mol. The fourth-order valence-corrected chi connectivity index (χ4v) is 2.50. The number of nitrogens with zero attached hydrogens (tertiary/aromatic N) is 2. The second kappa shape index (κ2) is 11.9. The number of hydrogen-bond acceptors (Lipinski definition) is 7. The highest BCUT2D eigenvalue weighted by atomic mass is 16.6. The molecule has 1 N–H and O–H groups in total. The van der Waals surface area contributed by atoms with Crippen LogP contribution in [-0.4, -0.2) is 30.6 Å². The van der Waals surface area contributed by atoms with Gasteiger partial charge < -0.3 is 19.3 Å². The molecule has 7 nitrogen and oxygen atoms in total. The molecule has 158 valence electrons. The van der Waals surface area contributed by atoms with Crippen molar-refractivity contribution < 1.29 is 24.1 Å². The van der Waals surface area contributed by atoms with E-state index in [1.54, 1.807) is 68.5 Å². The van der Waals surface area contributed by atoms with E-state index in [0.717, 1.165) is 0 Å². The smallest absolute Gasteiger partial charge is 0.348 e. The molecule has 0 aliphatic heterocycles. The van der Waals surface area contributed by atoms with Gasteiger partial charge in [0.15, 0.2) is 6.29 Å². The van der Waals surface area contributed by atoms with Gasteiger partial charge in [-0.15, -0.1) is 0 Å². The van der Waals surface area contributed by atoms with E-state index in [4.69, 9.17) is 24.7 Å². The Kier molecular flexibility index (Phi) is 9.00. The van der Waals surface area contributed by atoms with Crippen LogP contribution in [0.25, 0.3) is 12.2 Å². The molecule has 7 heteroatoms. The lowest BCUT2D eigenvalue weighted by Crippen LogP contribution is -2.13. The number of esters is 1. The van der Waals surface area contributed by atoms with Crippen LogP contribution in [0.15, 0.2) is 59.7 Å². The molecule has 2 aromatic rings. The molecule has 0 aliphatic carbocycles. The third-order valence-electron chi connectivity index (χ3n) is 3.96. The van der Waals surface area contributed by atoms with Gasteiger partial charge in [-0.05, 0) is 61.4 Å². The van der Waals surface area contributed by atoms with E-state index < -0.39 is 12.3 Å². The van der Waals surface area contributed by atoms with E-state index in [1.807, 2.05) is 12.1 Å². The van der Waals surface area contributed by atoms with Crippen molar-refractivity contribution in [2.75, 3.05) is 13.2 Å². The van der Waals surface area contributed by atoms with Gasteiger partial charge in [0, 0.05) is 6.61 Å². The highest BCUT2D eigenvalue weighted by Gasteiger charge is 2.11. The van der Waals surface area contributed by atoms with E-state index >= 15 is 0 Å². The van der Waals surface area contributed by atoms with Crippen LogP contribution in [0.1, 0.15) is 25.0 Å². The fourth-order valence-electron chi connectivity index (χ4n) is 2.50. The molecule has 0 aliphatic rings. The Bertz CT molecular complexity index is 1030. The summed E-state index contributed by atoms with van der Waals surface area (Å²) >= 11 is 0. The molecule has 0 spiro atoms. The molecular weight excluding hydrogens is 396 g/mol. The number of aliphatic hydroxyl groups excluding tert-OH is 1. The fraction of sp³-hybridized carbons (Fsp3) is 0.208. The first-order valence-corrected chi connectivity index (χ1v) is 9.59. The highest BCUT2D eigenvalue weighted by Crippen LogP contribution is 2.23. The standard InChI is InChI=1S/C24H22N2O5/c1-3-29-23(27)19(15-25)13-17-5-9-21(10-6-17)31-22-11-7-18(8-12-22)14-20(16-26)24(28)30-4-2/h5-14,23,27H,3-4H2,1-2H3/b19-13+,20-14+/t23-/m1/s1. The van der Waals surface area contributed by atoms with Gasteiger partial charge in [0.05, 0.1) is 12.2 Å². The zero-order chi connectivity index (χ0) is 22.6. The minimum absolute atomic E-state index is 0.0784. The topological polar surface area (TPSA) is 113 Å². The van der Waals surface area contributed by atoms with Gasteiger partial charge in [-0.25, -0.2) is 4.79 Å². The highest BCUT2D eigenvalue weighted by molar-refractivity contribution is 5.97. The number of carbonyl (C=O) groups excluding carboxylic acids is 1. The molecule has 0 aromatic heterocycles. The molecule has 0 radical (unpaired) electrons.